The zero-order chi connectivity index (χ0) is 13.0. The van der Waals surface area contributed by atoms with Crippen molar-refractivity contribution in [1.29, 1.82) is 0 Å². The number of hydrogen-bond acceptors (Lipinski definition) is 4. The van der Waals surface area contributed by atoms with Gasteiger partial charge in [-0.25, -0.2) is 0 Å². The average Bonchev–Trinajstić information content (AvgIpc) is 2.83. The molecule has 0 aromatic carbocycles. The number of amides is 2. The molecule has 0 atom stereocenters. The van der Waals surface area contributed by atoms with Gasteiger partial charge in [-0.2, -0.15) is 11.3 Å². The first kappa shape index (κ1) is 13.0. The van der Waals surface area contributed by atoms with E-state index in [0.29, 0.717) is 18.7 Å². The predicted molar refractivity (Wildman–Crippen MR) is 70.8 cm³/mol. The normalized spacial score (nSPS) is 15.5. The van der Waals surface area contributed by atoms with Crippen molar-refractivity contribution in [3.05, 3.63) is 21.9 Å². The summed E-state index contributed by atoms with van der Waals surface area (Å²) in [5.74, 6) is -0.185. The fourth-order valence-corrected chi connectivity index (χ4v) is 2.70. The molecule has 0 saturated carbocycles. The molecule has 1 aromatic heterocycles. The van der Waals surface area contributed by atoms with Gasteiger partial charge in [-0.05, 0) is 17.9 Å². The zero-order valence-electron chi connectivity index (χ0n) is 10.4. The van der Waals surface area contributed by atoms with Crippen LogP contribution in [0.1, 0.15) is 15.9 Å². The van der Waals surface area contributed by atoms with Gasteiger partial charge in [-0.15, -0.1) is 0 Å². The summed E-state index contributed by atoms with van der Waals surface area (Å²) in [7, 11) is 0. The zero-order valence-corrected chi connectivity index (χ0v) is 11.2. The van der Waals surface area contributed by atoms with Gasteiger partial charge >= 0.3 is 0 Å². The molecule has 1 aromatic rings. The van der Waals surface area contributed by atoms with Crippen LogP contribution >= 0.6 is 11.3 Å². The van der Waals surface area contributed by atoms with Gasteiger partial charge in [0, 0.05) is 31.6 Å². The van der Waals surface area contributed by atoms with Crippen molar-refractivity contribution >= 4 is 23.2 Å². The molecule has 1 saturated heterocycles. The number of nitrogens with zero attached hydrogens (tertiary/aromatic N) is 1. The molecule has 2 heterocycles. The first-order chi connectivity index (χ1) is 8.68. The summed E-state index contributed by atoms with van der Waals surface area (Å²) >= 11 is 1.49. The smallest absolute Gasteiger partial charge is 0.252 e. The fraction of sp³-hybridized carbons (Fsp3) is 0.500. The van der Waals surface area contributed by atoms with E-state index in [4.69, 9.17) is 0 Å². The average molecular weight is 267 g/mol. The fourth-order valence-electron chi connectivity index (χ4n) is 1.87. The van der Waals surface area contributed by atoms with Gasteiger partial charge in [-0.1, -0.05) is 0 Å². The van der Waals surface area contributed by atoms with Crippen molar-refractivity contribution in [3.63, 3.8) is 0 Å². The topological polar surface area (TPSA) is 61.4 Å². The number of rotatable bonds is 3. The molecule has 0 radical (unpaired) electrons. The van der Waals surface area contributed by atoms with E-state index >= 15 is 0 Å². The monoisotopic (exact) mass is 267 g/mol. The van der Waals surface area contributed by atoms with E-state index < -0.39 is 0 Å². The van der Waals surface area contributed by atoms with E-state index in [0.717, 1.165) is 18.7 Å². The van der Waals surface area contributed by atoms with E-state index in [1.807, 2.05) is 12.3 Å². The van der Waals surface area contributed by atoms with Crippen molar-refractivity contribution in [1.82, 2.24) is 15.5 Å². The third kappa shape index (κ3) is 3.08. The second-order valence-electron chi connectivity index (χ2n) is 4.28. The minimum atomic E-state index is -0.169. The van der Waals surface area contributed by atoms with Gasteiger partial charge in [0.05, 0.1) is 12.1 Å². The molecule has 2 amide bonds. The molecule has 98 valence electrons. The Hall–Kier alpha value is -1.40. The lowest BCUT2D eigenvalue weighted by Crippen LogP contribution is -2.49. The van der Waals surface area contributed by atoms with Crippen LogP contribution in [0, 0.1) is 6.92 Å². The number of hydrogen-bond donors (Lipinski definition) is 2. The summed E-state index contributed by atoms with van der Waals surface area (Å²) in [6.45, 7) is 5.04. The van der Waals surface area contributed by atoms with Crippen LogP contribution in [0.25, 0.3) is 0 Å². The van der Waals surface area contributed by atoms with Crippen molar-refractivity contribution in [2.24, 2.45) is 0 Å². The van der Waals surface area contributed by atoms with E-state index in [9.17, 15) is 9.59 Å². The molecule has 0 bridgehead atoms. The Kier molecular flexibility index (Phi) is 4.33. The molecular weight excluding hydrogens is 250 g/mol. The van der Waals surface area contributed by atoms with E-state index in [1.165, 1.54) is 11.3 Å². The van der Waals surface area contributed by atoms with Crippen molar-refractivity contribution in [2.75, 3.05) is 32.7 Å². The highest BCUT2D eigenvalue weighted by Crippen LogP contribution is 2.12. The van der Waals surface area contributed by atoms with Gasteiger partial charge < -0.3 is 15.5 Å². The molecule has 2 N–H and O–H groups in total. The maximum atomic E-state index is 11.8. The quantitative estimate of drug-likeness (QED) is 0.823. The highest BCUT2D eigenvalue weighted by atomic mass is 32.1. The molecule has 1 fully saturated rings. The Morgan fingerprint density at radius 1 is 1.39 bits per heavy atom. The Balaban J connectivity index is 1.82. The number of piperazine rings is 1. The Morgan fingerprint density at radius 2 is 2.11 bits per heavy atom. The van der Waals surface area contributed by atoms with Gasteiger partial charge in [0.15, 0.2) is 0 Å². The number of carbonyl (C=O) groups is 2. The lowest BCUT2D eigenvalue weighted by molar-refractivity contribution is -0.130. The van der Waals surface area contributed by atoms with E-state index in [-0.39, 0.29) is 18.4 Å². The Morgan fingerprint density at radius 3 is 2.72 bits per heavy atom. The van der Waals surface area contributed by atoms with Crippen LogP contribution in [0.2, 0.25) is 0 Å². The van der Waals surface area contributed by atoms with E-state index in [2.05, 4.69) is 10.6 Å². The largest absolute Gasteiger partial charge is 0.343 e. The molecular formula is C12H17N3O2S. The van der Waals surface area contributed by atoms with Gasteiger partial charge in [0.1, 0.15) is 0 Å². The van der Waals surface area contributed by atoms with Crippen molar-refractivity contribution < 1.29 is 9.59 Å². The van der Waals surface area contributed by atoms with Crippen molar-refractivity contribution in [2.45, 2.75) is 6.92 Å². The summed E-state index contributed by atoms with van der Waals surface area (Å²) in [4.78, 5) is 25.4. The third-order valence-electron chi connectivity index (χ3n) is 2.97. The number of nitrogens with one attached hydrogen (secondary N) is 2. The van der Waals surface area contributed by atoms with Crippen LogP contribution in [0.5, 0.6) is 0 Å². The number of aryl methyl sites for hydroxylation is 1. The molecule has 2 rings (SSSR count). The van der Waals surface area contributed by atoms with Crippen LogP contribution < -0.4 is 10.6 Å². The second kappa shape index (κ2) is 5.97. The van der Waals surface area contributed by atoms with Crippen LogP contribution in [0.4, 0.5) is 0 Å². The molecule has 0 spiro atoms. The Labute approximate surface area is 110 Å². The first-order valence-electron chi connectivity index (χ1n) is 5.98. The van der Waals surface area contributed by atoms with Gasteiger partial charge in [0.25, 0.3) is 5.91 Å². The van der Waals surface area contributed by atoms with Crippen LogP contribution in [0.3, 0.4) is 0 Å². The summed E-state index contributed by atoms with van der Waals surface area (Å²) < 4.78 is 0. The molecule has 5 nitrogen and oxygen atoms in total. The molecule has 0 aliphatic carbocycles. The Bertz CT molecular complexity index is 438. The maximum Gasteiger partial charge on any atom is 0.252 e. The summed E-state index contributed by atoms with van der Waals surface area (Å²) in [6.07, 6.45) is 0. The van der Waals surface area contributed by atoms with Gasteiger partial charge in [0.2, 0.25) is 5.91 Å². The third-order valence-corrected chi connectivity index (χ3v) is 3.83. The molecule has 1 aliphatic rings. The summed E-state index contributed by atoms with van der Waals surface area (Å²) in [5.41, 5.74) is 1.61. The predicted octanol–water partition coefficient (Wildman–Crippen LogP) is 0.218. The number of thiophene rings is 1. The lowest BCUT2D eigenvalue weighted by atomic mass is 10.2. The minimum Gasteiger partial charge on any atom is -0.343 e. The van der Waals surface area contributed by atoms with Gasteiger partial charge in [-0.3, -0.25) is 9.59 Å². The molecule has 6 heteroatoms. The van der Waals surface area contributed by atoms with E-state index in [1.54, 1.807) is 10.3 Å². The molecule has 0 unspecified atom stereocenters. The minimum absolute atomic E-state index is 0.0160. The SMILES string of the molecule is Cc1cscc1C(=O)NCC(=O)N1CCNCC1. The lowest BCUT2D eigenvalue weighted by Gasteiger charge is -2.27. The van der Waals surface area contributed by atoms with Crippen LogP contribution in [-0.4, -0.2) is 49.4 Å². The standard InChI is InChI=1S/C12H17N3O2S/c1-9-7-18-8-10(9)12(17)14-6-11(16)15-4-2-13-3-5-15/h7-8,13H,2-6H2,1H3,(H,14,17). The molecule has 18 heavy (non-hydrogen) atoms. The number of carbonyl (C=O) groups excluding carboxylic acids is 2. The highest BCUT2D eigenvalue weighted by molar-refractivity contribution is 7.08. The highest BCUT2D eigenvalue weighted by Gasteiger charge is 2.17. The van der Waals surface area contributed by atoms with Crippen molar-refractivity contribution in [3.8, 4) is 0 Å². The van der Waals surface area contributed by atoms with Crippen LogP contribution in [-0.2, 0) is 4.79 Å². The molecule has 1 aliphatic heterocycles. The summed E-state index contributed by atoms with van der Waals surface area (Å²) in [5, 5.41) is 9.59. The maximum absolute atomic E-state index is 11.8. The second-order valence-corrected chi connectivity index (χ2v) is 5.03. The first-order valence-corrected chi connectivity index (χ1v) is 6.92. The van der Waals surface area contributed by atoms with Crippen LogP contribution in [0.15, 0.2) is 10.8 Å². The summed E-state index contributed by atoms with van der Waals surface area (Å²) in [6, 6.07) is 0.